The zero-order valence-corrected chi connectivity index (χ0v) is 12.3. The van der Waals surface area contributed by atoms with Crippen molar-refractivity contribution < 1.29 is 27.9 Å². The van der Waals surface area contributed by atoms with E-state index in [9.17, 15) is 23.2 Å². The number of carbonyl (C=O) groups is 3. The minimum absolute atomic E-state index is 0.185. The van der Waals surface area contributed by atoms with Gasteiger partial charge in [-0.15, -0.1) is 11.8 Å². The number of nitrogens with one attached hydrogen (secondary N) is 1. The van der Waals surface area contributed by atoms with Gasteiger partial charge in [-0.25, -0.2) is 13.6 Å². The van der Waals surface area contributed by atoms with E-state index in [4.69, 9.17) is 0 Å². The average Bonchev–Trinajstić information content (AvgIpc) is 2.86. The number of esters is 1. The molecule has 0 unspecified atom stereocenters. The molecule has 6 nitrogen and oxygen atoms in total. The van der Waals surface area contributed by atoms with Crippen molar-refractivity contribution in [1.82, 2.24) is 4.90 Å². The van der Waals surface area contributed by atoms with Gasteiger partial charge in [-0.2, -0.15) is 0 Å². The Bertz CT molecular complexity index is 639. The molecule has 1 aromatic rings. The molecule has 0 bridgehead atoms. The van der Waals surface area contributed by atoms with Crippen LogP contribution in [0.15, 0.2) is 12.1 Å². The molecule has 1 aliphatic heterocycles. The predicted molar refractivity (Wildman–Crippen MR) is 75.4 cm³/mol. The van der Waals surface area contributed by atoms with Crippen LogP contribution in [0.4, 0.5) is 14.5 Å². The molecule has 0 spiro atoms. The second kappa shape index (κ2) is 6.73. The summed E-state index contributed by atoms with van der Waals surface area (Å²) in [7, 11) is 1.06. The van der Waals surface area contributed by atoms with Gasteiger partial charge in [-0.1, -0.05) is 0 Å². The standard InChI is InChI=1S/C13H12F2N2O4S/c1-21-13(20)7-2-10(9(15)3-8(7)14)16-11(18)4-17-6-22-5-12(17)19/h2-3H,4-6H2,1H3,(H,16,18). The van der Waals surface area contributed by atoms with Crippen LogP contribution in [0.3, 0.4) is 0 Å². The maximum atomic E-state index is 13.7. The zero-order chi connectivity index (χ0) is 16.3. The highest BCUT2D eigenvalue weighted by Crippen LogP contribution is 2.21. The molecule has 0 aromatic heterocycles. The van der Waals surface area contributed by atoms with Crippen LogP contribution < -0.4 is 5.32 Å². The highest BCUT2D eigenvalue weighted by Gasteiger charge is 2.24. The molecule has 2 rings (SSSR count). The van der Waals surface area contributed by atoms with Gasteiger partial charge in [0.05, 0.1) is 30.0 Å². The van der Waals surface area contributed by atoms with E-state index in [2.05, 4.69) is 10.1 Å². The lowest BCUT2D eigenvalue weighted by Crippen LogP contribution is -2.34. The van der Waals surface area contributed by atoms with Crippen molar-refractivity contribution in [3.05, 3.63) is 29.3 Å². The minimum atomic E-state index is -1.09. The van der Waals surface area contributed by atoms with Crippen molar-refractivity contribution in [3.63, 3.8) is 0 Å². The van der Waals surface area contributed by atoms with Crippen LogP contribution in [-0.4, -0.2) is 48.0 Å². The molecule has 2 amide bonds. The Balaban J connectivity index is 2.13. The molecule has 9 heteroatoms. The summed E-state index contributed by atoms with van der Waals surface area (Å²) in [4.78, 5) is 35.9. The van der Waals surface area contributed by atoms with E-state index in [0.29, 0.717) is 17.7 Å². The van der Waals surface area contributed by atoms with Gasteiger partial charge >= 0.3 is 5.97 Å². The topological polar surface area (TPSA) is 75.7 Å². The molecular weight excluding hydrogens is 318 g/mol. The Morgan fingerprint density at radius 3 is 2.68 bits per heavy atom. The highest BCUT2D eigenvalue weighted by molar-refractivity contribution is 8.00. The van der Waals surface area contributed by atoms with E-state index < -0.39 is 29.1 Å². The molecule has 0 aliphatic carbocycles. The fourth-order valence-corrected chi connectivity index (χ4v) is 2.72. The largest absolute Gasteiger partial charge is 0.465 e. The summed E-state index contributed by atoms with van der Waals surface area (Å²) in [5.74, 6) is -3.25. The van der Waals surface area contributed by atoms with Crippen molar-refractivity contribution >= 4 is 35.2 Å². The molecule has 0 atom stereocenters. The summed E-state index contributed by atoms with van der Waals surface area (Å²) in [5.41, 5.74) is -0.849. The van der Waals surface area contributed by atoms with Gasteiger partial charge in [-0.05, 0) is 6.07 Å². The van der Waals surface area contributed by atoms with Crippen molar-refractivity contribution in [3.8, 4) is 0 Å². The van der Waals surface area contributed by atoms with E-state index >= 15 is 0 Å². The summed E-state index contributed by atoms with van der Waals surface area (Å²) in [6.07, 6.45) is 0. The smallest absolute Gasteiger partial charge is 0.340 e. The number of hydrogen-bond acceptors (Lipinski definition) is 5. The van der Waals surface area contributed by atoms with E-state index in [-0.39, 0.29) is 18.1 Å². The maximum absolute atomic E-state index is 13.7. The lowest BCUT2D eigenvalue weighted by atomic mass is 10.1. The van der Waals surface area contributed by atoms with Gasteiger partial charge in [0, 0.05) is 6.07 Å². The third kappa shape index (κ3) is 3.53. The molecule has 1 fully saturated rings. The number of rotatable bonds is 4. The van der Waals surface area contributed by atoms with Crippen molar-refractivity contribution in [1.29, 1.82) is 0 Å². The number of carbonyl (C=O) groups excluding carboxylic acids is 3. The SMILES string of the molecule is COC(=O)c1cc(NC(=O)CN2CSCC2=O)c(F)cc1F. The first-order chi connectivity index (χ1) is 10.4. The molecule has 22 heavy (non-hydrogen) atoms. The van der Waals surface area contributed by atoms with Crippen molar-refractivity contribution in [2.45, 2.75) is 0 Å². The number of hydrogen-bond donors (Lipinski definition) is 1. The quantitative estimate of drug-likeness (QED) is 0.840. The van der Waals surface area contributed by atoms with Gasteiger partial charge < -0.3 is 15.0 Å². The van der Waals surface area contributed by atoms with Crippen LogP contribution in [0.1, 0.15) is 10.4 Å². The fourth-order valence-electron chi connectivity index (χ4n) is 1.81. The molecular formula is C13H12F2N2O4S. The molecule has 1 saturated heterocycles. The second-order valence-electron chi connectivity index (χ2n) is 4.42. The lowest BCUT2D eigenvalue weighted by molar-refractivity contribution is -0.130. The summed E-state index contributed by atoms with van der Waals surface area (Å²) >= 11 is 1.36. The Kier molecular flexibility index (Phi) is 4.96. The van der Waals surface area contributed by atoms with Gasteiger partial charge in [-0.3, -0.25) is 9.59 Å². The molecule has 118 valence electrons. The third-order valence-corrected chi connectivity index (χ3v) is 3.84. The number of halogens is 2. The number of anilines is 1. The van der Waals surface area contributed by atoms with Gasteiger partial charge in [0.25, 0.3) is 0 Å². The van der Waals surface area contributed by atoms with Gasteiger partial charge in [0.15, 0.2) is 0 Å². The molecule has 1 heterocycles. The Morgan fingerprint density at radius 1 is 1.36 bits per heavy atom. The summed E-state index contributed by atoms with van der Waals surface area (Å²) in [6, 6.07) is 1.34. The van der Waals surface area contributed by atoms with Crippen LogP contribution in [0, 0.1) is 11.6 Å². The maximum Gasteiger partial charge on any atom is 0.340 e. The Morgan fingerprint density at radius 2 is 2.09 bits per heavy atom. The first kappa shape index (κ1) is 16.2. The third-order valence-electron chi connectivity index (χ3n) is 2.90. The van der Waals surface area contributed by atoms with Crippen LogP contribution in [0.25, 0.3) is 0 Å². The molecule has 0 radical (unpaired) electrons. The molecule has 1 aliphatic rings. The van der Waals surface area contributed by atoms with Gasteiger partial charge in [0.2, 0.25) is 11.8 Å². The fraction of sp³-hybridized carbons (Fsp3) is 0.308. The van der Waals surface area contributed by atoms with Crippen LogP contribution >= 0.6 is 11.8 Å². The predicted octanol–water partition coefficient (Wildman–Crippen LogP) is 1.22. The Labute approximate surface area is 128 Å². The molecule has 1 aromatic carbocycles. The number of ether oxygens (including phenoxy) is 1. The summed E-state index contributed by atoms with van der Waals surface area (Å²) in [6.45, 7) is -0.240. The number of methoxy groups -OCH3 is 1. The number of benzene rings is 1. The number of amides is 2. The Hall–Kier alpha value is -2.16. The first-order valence-corrected chi connectivity index (χ1v) is 7.30. The summed E-state index contributed by atoms with van der Waals surface area (Å²) < 4.78 is 31.5. The van der Waals surface area contributed by atoms with Crippen LogP contribution in [0.2, 0.25) is 0 Å². The normalized spacial score (nSPS) is 14.1. The highest BCUT2D eigenvalue weighted by atomic mass is 32.2. The minimum Gasteiger partial charge on any atom is -0.465 e. The van der Waals surface area contributed by atoms with Crippen molar-refractivity contribution in [2.75, 3.05) is 30.6 Å². The zero-order valence-electron chi connectivity index (χ0n) is 11.5. The van der Waals surface area contributed by atoms with E-state index in [1.807, 2.05) is 0 Å². The van der Waals surface area contributed by atoms with Crippen molar-refractivity contribution in [2.24, 2.45) is 0 Å². The lowest BCUT2D eigenvalue weighted by Gasteiger charge is -2.15. The first-order valence-electron chi connectivity index (χ1n) is 6.15. The molecule has 1 N–H and O–H groups in total. The monoisotopic (exact) mass is 330 g/mol. The van der Waals surface area contributed by atoms with E-state index in [1.165, 1.54) is 16.7 Å². The number of thioether (sulfide) groups is 1. The molecule has 0 saturated carbocycles. The van der Waals surface area contributed by atoms with Crippen LogP contribution in [-0.2, 0) is 14.3 Å². The van der Waals surface area contributed by atoms with E-state index in [1.54, 1.807) is 0 Å². The van der Waals surface area contributed by atoms with Gasteiger partial charge in [0.1, 0.15) is 18.2 Å². The van der Waals surface area contributed by atoms with E-state index in [0.717, 1.165) is 13.2 Å². The average molecular weight is 330 g/mol. The number of nitrogens with zero attached hydrogens (tertiary/aromatic N) is 1. The second-order valence-corrected chi connectivity index (χ2v) is 5.38. The summed E-state index contributed by atoms with van der Waals surface area (Å²) in [5, 5.41) is 2.21. The van der Waals surface area contributed by atoms with Crippen LogP contribution in [0.5, 0.6) is 0 Å².